The second-order valence-corrected chi connectivity index (χ2v) is 4.50. The SMILES string of the molecule is CCc1c(Cl)ncnc1NCc1cncs1. The van der Waals surface area contributed by atoms with Crippen molar-refractivity contribution in [3.63, 3.8) is 0 Å². The Bertz CT molecular complexity index is 458. The van der Waals surface area contributed by atoms with Gasteiger partial charge in [-0.2, -0.15) is 0 Å². The highest BCUT2D eigenvalue weighted by Gasteiger charge is 2.07. The summed E-state index contributed by atoms with van der Waals surface area (Å²) in [6.07, 6.45) is 4.12. The Morgan fingerprint density at radius 3 is 3.00 bits per heavy atom. The average Bonchev–Trinajstić information content (AvgIpc) is 2.79. The number of halogens is 1. The van der Waals surface area contributed by atoms with Crippen LogP contribution in [0.3, 0.4) is 0 Å². The molecule has 0 aliphatic carbocycles. The molecule has 0 fully saturated rings. The molecule has 0 saturated heterocycles. The minimum absolute atomic E-state index is 0.518. The van der Waals surface area contributed by atoms with E-state index in [2.05, 4.69) is 20.3 Å². The highest BCUT2D eigenvalue weighted by atomic mass is 35.5. The van der Waals surface area contributed by atoms with E-state index in [1.54, 1.807) is 11.3 Å². The number of nitrogens with one attached hydrogen (secondary N) is 1. The van der Waals surface area contributed by atoms with E-state index in [-0.39, 0.29) is 0 Å². The summed E-state index contributed by atoms with van der Waals surface area (Å²) in [6.45, 7) is 2.74. The molecule has 0 aliphatic rings. The molecule has 2 rings (SSSR count). The van der Waals surface area contributed by atoms with E-state index in [9.17, 15) is 0 Å². The van der Waals surface area contributed by atoms with Crippen molar-refractivity contribution >= 4 is 28.8 Å². The van der Waals surface area contributed by atoms with E-state index in [4.69, 9.17) is 11.6 Å². The molecular weight excluding hydrogens is 244 g/mol. The number of hydrogen-bond donors (Lipinski definition) is 1. The van der Waals surface area contributed by atoms with Gasteiger partial charge in [-0.15, -0.1) is 11.3 Å². The Balaban J connectivity index is 2.12. The van der Waals surface area contributed by atoms with Crippen molar-refractivity contribution in [1.29, 1.82) is 0 Å². The lowest BCUT2D eigenvalue weighted by atomic mass is 10.2. The highest BCUT2D eigenvalue weighted by Crippen LogP contribution is 2.20. The Kier molecular flexibility index (Phi) is 3.69. The molecule has 0 amide bonds. The summed E-state index contributed by atoms with van der Waals surface area (Å²) < 4.78 is 0. The maximum absolute atomic E-state index is 5.99. The molecule has 0 spiro atoms. The average molecular weight is 255 g/mol. The van der Waals surface area contributed by atoms with Gasteiger partial charge in [0.15, 0.2) is 0 Å². The molecule has 0 aromatic carbocycles. The number of thiazole rings is 1. The zero-order valence-electron chi connectivity index (χ0n) is 8.77. The number of anilines is 1. The molecule has 0 radical (unpaired) electrons. The normalized spacial score (nSPS) is 10.4. The summed E-state index contributed by atoms with van der Waals surface area (Å²) in [5.74, 6) is 0.802. The van der Waals surface area contributed by atoms with Crippen LogP contribution in [-0.4, -0.2) is 15.0 Å². The zero-order valence-corrected chi connectivity index (χ0v) is 10.3. The minimum atomic E-state index is 0.518. The molecule has 84 valence electrons. The third-order valence-corrected chi connectivity index (χ3v) is 3.27. The molecular formula is C10H11ClN4S. The van der Waals surface area contributed by atoms with Crippen molar-refractivity contribution in [1.82, 2.24) is 15.0 Å². The molecule has 0 atom stereocenters. The van der Waals surface area contributed by atoms with Crippen molar-refractivity contribution in [2.24, 2.45) is 0 Å². The van der Waals surface area contributed by atoms with Gasteiger partial charge in [-0.25, -0.2) is 9.97 Å². The summed E-state index contributed by atoms with van der Waals surface area (Å²) in [5, 5.41) is 3.76. The summed E-state index contributed by atoms with van der Waals surface area (Å²) in [5.41, 5.74) is 2.76. The first-order valence-electron chi connectivity index (χ1n) is 4.92. The van der Waals surface area contributed by atoms with Crippen LogP contribution >= 0.6 is 22.9 Å². The first-order chi connectivity index (χ1) is 7.81. The van der Waals surface area contributed by atoms with Crippen molar-refractivity contribution in [2.75, 3.05) is 5.32 Å². The van der Waals surface area contributed by atoms with Crippen LogP contribution in [-0.2, 0) is 13.0 Å². The number of aromatic nitrogens is 3. The van der Waals surface area contributed by atoms with Crippen LogP contribution in [0.4, 0.5) is 5.82 Å². The molecule has 2 heterocycles. The van der Waals surface area contributed by atoms with E-state index in [0.29, 0.717) is 11.7 Å². The predicted octanol–water partition coefficient (Wildman–Crippen LogP) is 2.76. The van der Waals surface area contributed by atoms with Crippen molar-refractivity contribution in [2.45, 2.75) is 19.9 Å². The molecule has 2 aromatic heterocycles. The maximum atomic E-state index is 5.99. The summed E-state index contributed by atoms with van der Waals surface area (Å²) in [6, 6.07) is 0. The minimum Gasteiger partial charge on any atom is -0.365 e. The monoisotopic (exact) mass is 254 g/mol. The predicted molar refractivity (Wildman–Crippen MR) is 65.9 cm³/mol. The van der Waals surface area contributed by atoms with E-state index in [1.807, 2.05) is 18.6 Å². The largest absolute Gasteiger partial charge is 0.365 e. The Morgan fingerprint density at radius 1 is 1.44 bits per heavy atom. The topological polar surface area (TPSA) is 50.7 Å². The second kappa shape index (κ2) is 5.23. The zero-order chi connectivity index (χ0) is 11.4. The Labute approximate surface area is 103 Å². The summed E-state index contributed by atoms with van der Waals surface area (Å²) >= 11 is 7.60. The molecule has 0 unspecified atom stereocenters. The molecule has 0 bridgehead atoms. The fourth-order valence-electron chi connectivity index (χ4n) is 1.36. The van der Waals surface area contributed by atoms with Gasteiger partial charge >= 0.3 is 0 Å². The van der Waals surface area contributed by atoms with Crippen LogP contribution in [0.2, 0.25) is 5.15 Å². The van der Waals surface area contributed by atoms with Gasteiger partial charge in [-0.05, 0) is 6.42 Å². The number of rotatable bonds is 4. The van der Waals surface area contributed by atoms with Gasteiger partial charge < -0.3 is 5.32 Å². The van der Waals surface area contributed by atoms with Gasteiger partial charge in [0.05, 0.1) is 12.1 Å². The quantitative estimate of drug-likeness (QED) is 0.853. The number of nitrogens with zero attached hydrogens (tertiary/aromatic N) is 3. The van der Waals surface area contributed by atoms with Gasteiger partial charge in [-0.3, -0.25) is 4.98 Å². The highest BCUT2D eigenvalue weighted by molar-refractivity contribution is 7.09. The van der Waals surface area contributed by atoms with Gasteiger partial charge in [0.2, 0.25) is 0 Å². The second-order valence-electron chi connectivity index (χ2n) is 3.17. The molecule has 4 nitrogen and oxygen atoms in total. The fourth-order valence-corrected chi connectivity index (χ4v) is 2.16. The number of hydrogen-bond acceptors (Lipinski definition) is 5. The van der Waals surface area contributed by atoms with E-state index in [0.717, 1.165) is 22.7 Å². The van der Waals surface area contributed by atoms with Gasteiger partial charge in [0.25, 0.3) is 0 Å². The van der Waals surface area contributed by atoms with E-state index in [1.165, 1.54) is 6.33 Å². The molecule has 6 heteroatoms. The lowest BCUT2D eigenvalue weighted by molar-refractivity contribution is 1.02. The van der Waals surface area contributed by atoms with Crippen LogP contribution in [0.25, 0.3) is 0 Å². The molecule has 0 saturated carbocycles. The van der Waals surface area contributed by atoms with Crippen LogP contribution < -0.4 is 5.32 Å². The maximum Gasteiger partial charge on any atom is 0.137 e. The van der Waals surface area contributed by atoms with E-state index < -0.39 is 0 Å². The molecule has 16 heavy (non-hydrogen) atoms. The summed E-state index contributed by atoms with van der Waals surface area (Å²) in [4.78, 5) is 13.3. The van der Waals surface area contributed by atoms with Crippen molar-refractivity contribution in [3.05, 3.63) is 33.6 Å². The molecule has 0 aliphatic heterocycles. The lowest BCUT2D eigenvalue weighted by Crippen LogP contribution is -2.04. The lowest BCUT2D eigenvalue weighted by Gasteiger charge is -2.09. The van der Waals surface area contributed by atoms with Crippen LogP contribution in [0.15, 0.2) is 18.0 Å². The van der Waals surface area contributed by atoms with Crippen molar-refractivity contribution < 1.29 is 0 Å². The molecule has 1 N–H and O–H groups in total. The Morgan fingerprint density at radius 2 is 2.31 bits per heavy atom. The first kappa shape index (κ1) is 11.3. The van der Waals surface area contributed by atoms with Gasteiger partial charge in [0.1, 0.15) is 17.3 Å². The van der Waals surface area contributed by atoms with Gasteiger partial charge in [-0.1, -0.05) is 18.5 Å². The third-order valence-electron chi connectivity index (χ3n) is 2.16. The Hall–Kier alpha value is -1.20. The fraction of sp³-hybridized carbons (Fsp3) is 0.300. The van der Waals surface area contributed by atoms with Gasteiger partial charge in [0, 0.05) is 16.6 Å². The van der Waals surface area contributed by atoms with Crippen molar-refractivity contribution in [3.8, 4) is 0 Å². The standard InChI is InChI=1S/C10H11ClN4S/c1-2-8-9(11)14-5-15-10(8)13-4-7-3-12-6-16-7/h3,5-6H,2,4H2,1H3,(H,13,14,15). The third kappa shape index (κ3) is 2.48. The van der Waals surface area contributed by atoms with Crippen LogP contribution in [0, 0.1) is 0 Å². The van der Waals surface area contributed by atoms with E-state index >= 15 is 0 Å². The smallest absolute Gasteiger partial charge is 0.137 e. The van der Waals surface area contributed by atoms with Crippen LogP contribution in [0.1, 0.15) is 17.4 Å². The van der Waals surface area contributed by atoms with Crippen LogP contribution in [0.5, 0.6) is 0 Å². The summed E-state index contributed by atoms with van der Waals surface area (Å²) in [7, 11) is 0. The molecule has 2 aromatic rings. The first-order valence-corrected chi connectivity index (χ1v) is 6.17.